The zero-order valence-electron chi connectivity index (χ0n) is 58.8. The number of quaternary nitrogens is 1. The van der Waals surface area contributed by atoms with E-state index < -0.39 is 26.5 Å². The summed E-state index contributed by atoms with van der Waals surface area (Å²) < 4.78 is 34.6. The summed E-state index contributed by atoms with van der Waals surface area (Å²) in [5.41, 5.74) is 0. The molecule has 0 aromatic heterocycles. The second kappa shape index (κ2) is 69.5. The molecule has 90 heavy (non-hydrogen) atoms. The Morgan fingerprint density at radius 2 is 0.644 bits per heavy atom. The van der Waals surface area contributed by atoms with Crippen molar-refractivity contribution < 1.29 is 42.1 Å². The van der Waals surface area contributed by atoms with Crippen molar-refractivity contribution in [2.24, 2.45) is 0 Å². The molecule has 2 atom stereocenters. The summed E-state index contributed by atoms with van der Waals surface area (Å²) in [6.45, 7) is 4.26. The van der Waals surface area contributed by atoms with E-state index in [-0.39, 0.29) is 32.0 Å². The zero-order chi connectivity index (χ0) is 65.5. The lowest BCUT2D eigenvalue weighted by Gasteiger charge is -2.24. The summed E-state index contributed by atoms with van der Waals surface area (Å²) in [6, 6.07) is 0. The average molecular weight is 1270 g/mol. The number of unbranched alkanes of at least 4 members (excludes halogenated alkanes) is 31. The number of phosphoric acid groups is 1. The normalized spacial score (nSPS) is 13.9. The molecule has 1 N–H and O–H groups in total. The molecule has 0 amide bonds. The molecule has 0 aromatic rings. The van der Waals surface area contributed by atoms with Crippen LogP contribution in [0, 0.1) is 0 Å². The maximum absolute atomic E-state index is 12.9. The van der Waals surface area contributed by atoms with E-state index in [1.807, 2.05) is 21.1 Å². The second-order valence-electron chi connectivity index (χ2n) is 25.6. The van der Waals surface area contributed by atoms with Crippen LogP contribution in [-0.2, 0) is 32.7 Å². The summed E-state index contributed by atoms with van der Waals surface area (Å²) in [5.74, 6) is -0.866. The molecular formula is C80H139NO8P+. The minimum atomic E-state index is -4.42. The minimum absolute atomic E-state index is 0.0151. The van der Waals surface area contributed by atoms with Gasteiger partial charge in [0.05, 0.1) is 27.7 Å². The highest BCUT2D eigenvalue weighted by Gasteiger charge is 2.27. The van der Waals surface area contributed by atoms with Gasteiger partial charge in [-0.2, -0.15) is 0 Å². The summed E-state index contributed by atoms with van der Waals surface area (Å²) in [5, 5.41) is 0. The maximum atomic E-state index is 12.9. The second-order valence-corrected chi connectivity index (χ2v) is 27.0. The highest BCUT2D eigenvalue weighted by molar-refractivity contribution is 7.47. The van der Waals surface area contributed by atoms with Crippen LogP contribution in [0.15, 0.2) is 134 Å². The Morgan fingerprint density at radius 3 is 0.978 bits per heavy atom. The van der Waals surface area contributed by atoms with E-state index in [0.717, 1.165) is 83.5 Å². The smallest absolute Gasteiger partial charge is 0.462 e. The van der Waals surface area contributed by atoms with Crippen molar-refractivity contribution in [3.8, 4) is 0 Å². The van der Waals surface area contributed by atoms with Crippen molar-refractivity contribution in [3.63, 3.8) is 0 Å². The van der Waals surface area contributed by atoms with Crippen molar-refractivity contribution >= 4 is 19.8 Å². The topological polar surface area (TPSA) is 108 Å². The first-order chi connectivity index (χ1) is 44.0. The third-order valence-corrected chi connectivity index (χ3v) is 16.6. The quantitative estimate of drug-likeness (QED) is 0.0211. The standard InChI is InChI=1S/C80H138NO8P/c1-6-8-10-12-14-16-18-20-22-24-26-28-30-32-34-36-37-38-39-40-41-42-43-45-46-48-50-52-54-56-58-60-62-64-66-68-70-72-79(82)86-76-78(77-88-90(84,85)87-75-74-81(3,4)5)89-80(83)73-71-69-67-65-63-61-59-57-55-53-51-49-47-44-35-33-31-29-27-25-23-21-19-17-15-13-11-9-7-2/h9,11,15,17-18,20-21,23-24,26-27,29,33,35,47,49,53,55,59,61,65,67,78H,6-8,10,12-14,16,19,22,25,28,30-32,34,36-46,48,50-52,54,56-58,60,62-64,66,68-77H2,1-5H3/p+1/b11-9-,17-15-,20-18-,23-21-,26-24-,29-27-,35-33-,49-47-,55-53-,61-59-,67-65-. The molecule has 10 heteroatoms. The maximum Gasteiger partial charge on any atom is 0.472 e. The van der Waals surface area contributed by atoms with Gasteiger partial charge in [0.25, 0.3) is 0 Å². The number of rotatable bonds is 67. The largest absolute Gasteiger partial charge is 0.472 e. The van der Waals surface area contributed by atoms with E-state index in [9.17, 15) is 19.0 Å². The highest BCUT2D eigenvalue weighted by atomic mass is 31.2. The van der Waals surface area contributed by atoms with Gasteiger partial charge in [-0.25, -0.2) is 4.57 Å². The van der Waals surface area contributed by atoms with Crippen LogP contribution in [0.1, 0.15) is 309 Å². The van der Waals surface area contributed by atoms with Crippen LogP contribution in [0.5, 0.6) is 0 Å². The van der Waals surface area contributed by atoms with E-state index >= 15 is 0 Å². The van der Waals surface area contributed by atoms with Gasteiger partial charge in [-0.3, -0.25) is 18.6 Å². The van der Waals surface area contributed by atoms with Crippen molar-refractivity contribution in [1.29, 1.82) is 0 Å². The fourth-order valence-electron chi connectivity index (χ4n) is 10.1. The lowest BCUT2D eigenvalue weighted by atomic mass is 10.0. The molecule has 0 saturated carbocycles. The lowest BCUT2D eigenvalue weighted by Crippen LogP contribution is -2.37. The van der Waals surface area contributed by atoms with Gasteiger partial charge in [-0.15, -0.1) is 0 Å². The molecule has 0 radical (unpaired) electrons. The third kappa shape index (κ3) is 73.2. The fraction of sp³-hybridized carbons (Fsp3) is 0.700. The van der Waals surface area contributed by atoms with E-state index in [0.29, 0.717) is 23.9 Å². The van der Waals surface area contributed by atoms with E-state index in [4.69, 9.17) is 18.5 Å². The molecule has 9 nitrogen and oxygen atoms in total. The van der Waals surface area contributed by atoms with E-state index in [1.165, 1.54) is 186 Å². The number of phosphoric ester groups is 1. The number of ether oxygens (including phenoxy) is 2. The van der Waals surface area contributed by atoms with Crippen LogP contribution in [0.3, 0.4) is 0 Å². The minimum Gasteiger partial charge on any atom is -0.462 e. The van der Waals surface area contributed by atoms with Gasteiger partial charge in [0.1, 0.15) is 19.8 Å². The molecule has 0 aromatic carbocycles. The molecule has 2 unspecified atom stereocenters. The fourth-order valence-corrected chi connectivity index (χ4v) is 10.8. The molecule has 0 aliphatic heterocycles. The first-order valence-corrected chi connectivity index (χ1v) is 38.4. The molecule has 0 spiro atoms. The number of carbonyl (C=O) groups excluding carboxylic acids is 2. The molecule has 0 heterocycles. The van der Waals surface area contributed by atoms with Crippen LogP contribution in [0.4, 0.5) is 0 Å². The van der Waals surface area contributed by atoms with Crippen LogP contribution < -0.4 is 0 Å². The monoisotopic (exact) mass is 1270 g/mol. The van der Waals surface area contributed by atoms with E-state index in [1.54, 1.807) is 0 Å². The van der Waals surface area contributed by atoms with Crippen LogP contribution in [0.2, 0.25) is 0 Å². The van der Waals surface area contributed by atoms with Crippen LogP contribution >= 0.6 is 7.82 Å². The van der Waals surface area contributed by atoms with Gasteiger partial charge in [0.2, 0.25) is 0 Å². The van der Waals surface area contributed by atoms with Crippen LogP contribution in [-0.4, -0.2) is 74.9 Å². The Bertz CT molecular complexity index is 1980. The summed E-state index contributed by atoms with van der Waals surface area (Å²) in [4.78, 5) is 35.9. The predicted octanol–water partition coefficient (Wildman–Crippen LogP) is 24.4. The number of hydrogen-bond donors (Lipinski definition) is 1. The van der Waals surface area contributed by atoms with Crippen molar-refractivity contribution in [2.75, 3.05) is 47.5 Å². The first-order valence-electron chi connectivity index (χ1n) is 36.9. The van der Waals surface area contributed by atoms with Crippen LogP contribution in [0.25, 0.3) is 0 Å². The molecule has 0 saturated heterocycles. The summed E-state index contributed by atoms with van der Waals surface area (Å²) in [6.07, 6.45) is 102. The summed E-state index contributed by atoms with van der Waals surface area (Å²) >= 11 is 0. The number of carbonyl (C=O) groups is 2. The Hall–Kier alpha value is -3.85. The highest BCUT2D eigenvalue weighted by Crippen LogP contribution is 2.43. The molecule has 0 bridgehead atoms. The third-order valence-electron chi connectivity index (χ3n) is 15.7. The zero-order valence-corrected chi connectivity index (χ0v) is 59.7. The SMILES string of the molecule is CC/C=C\C/C=C\C/C=C\C/C=C\C/C=C\C/C=C\C/C=C\C/C=C\C/C=C\CCCC(=O)OC(COC(=O)CCCCCCCCCCCCCCCCCCCCCCCCCCC/C=C\C/C=C\CCCCCCC)COP(=O)(O)OCC[N+](C)(C)C. The van der Waals surface area contributed by atoms with Crippen molar-refractivity contribution in [3.05, 3.63) is 134 Å². The number of esters is 2. The van der Waals surface area contributed by atoms with E-state index in [2.05, 4.69) is 148 Å². The number of allylic oxidation sites excluding steroid dienone is 22. The Balaban J connectivity index is 4.08. The van der Waals surface area contributed by atoms with Crippen molar-refractivity contribution in [1.82, 2.24) is 0 Å². The van der Waals surface area contributed by atoms with Gasteiger partial charge in [0, 0.05) is 12.8 Å². The van der Waals surface area contributed by atoms with Gasteiger partial charge < -0.3 is 18.9 Å². The Morgan fingerprint density at radius 1 is 0.356 bits per heavy atom. The molecule has 0 rings (SSSR count). The summed E-state index contributed by atoms with van der Waals surface area (Å²) in [7, 11) is 1.43. The van der Waals surface area contributed by atoms with Gasteiger partial charge in [-0.1, -0.05) is 321 Å². The molecule has 0 fully saturated rings. The van der Waals surface area contributed by atoms with Crippen molar-refractivity contribution in [2.45, 2.75) is 315 Å². The Kier molecular flexibility index (Phi) is 66.5. The molecular weight excluding hydrogens is 1130 g/mol. The molecule has 0 aliphatic carbocycles. The lowest BCUT2D eigenvalue weighted by molar-refractivity contribution is -0.870. The van der Waals surface area contributed by atoms with Gasteiger partial charge >= 0.3 is 19.8 Å². The number of hydrogen-bond acceptors (Lipinski definition) is 7. The Labute approximate surface area is 555 Å². The molecule has 0 aliphatic rings. The first kappa shape index (κ1) is 86.2. The number of likely N-dealkylation sites (N-methyl/N-ethyl adjacent to an activating group) is 1. The van der Waals surface area contributed by atoms with Gasteiger partial charge in [0.15, 0.2) is 6.10 Å². The average Bonchev–Trinajstić information content (AvgIpc) is 3.58. The van der Waals surface area contributed by atoms with Gasteiger partial charge in [-0.05, 0) is 109 Å². The number of nitrogens with zero attached hydrogens (tertiary/aromatic N) is 1. The molecule has 516 valence electrons. The predicted molar refractivity (Wildman–Crippen MR) is 390 cm³/mol.